The van der Waals surface area contributed by atoms with Gasteiger partial charge in [-0.2, -0.15) is 0 Å². The molecule has 0 radical (unpaired) electrons. The average Bonchev–Trinajstić information content (AvgIpc) is 3.87. The summed E-state index contributed by atoms with van der Waals surface area (Å²) in [4.78, 5) is 131. The van der Waals surface area contributed by atoms with Crippen LogP contribution in [0.3, 0.4) is 0 Å². The molecule has 10 amide bonds. The van der Waals surface area contributed by atoms with Crippen molar-refractivity contribution in [2.24, 2.45) is 11.1 Å². The number of amides is 10. The van der Waals surface area contributed by atoms with Gasteiger partial charge in [-0.15, -0.1) is 0 Å². The van der Waals surface area contributed by atoms with Crippen molar-refractivity contribution in [3.8, 4) is 11.1 Å². The Labute approximate surface area is 414 Å². The van der Waals surface area contributed by atoms with Gasteiger partial charge in [0, 0.05) is 75.3 Å². The smallest absolute Gasteiger partial charge is 0.254 e. The number of rotatable bonds is 24. The van der Waals surface area contributed by atoms with Crippen LogP contribution >= 0.6 is 0 Å². The molecule has 1 aliphatic heterocycles. The number of aliphatic hydroxyl groups excluding tert-OH is 1. The standard InChI is InChI=1S/C49H62F2N10O11/c1-28(55-30(3)63)48(72)58(7)29(2)46(70)57-37(45(52)69)23-39(64)56-36(47(71)54-19-18-53-40(65)26-61-41(66)15-16-42(61)67)17-20-60(43(68)27-62)44(49(4,5)6)38-21-32(34-22-33(50)13-14-35(34)51)25-59(38)24-31-11-9-8-10-12-31/h8-16,21-22,25,28-29,36-37,44,62H,17-20,23-24,26-27H2,1-7H3,(H2,52,69)(H,53,65)(H,54,71)(H,55,63)(H,56,64)(H,57,70)/t28-,29-,36-,37-,44-/m0/s1. The van der Waals surface area contributed by atoms with Gasteiger partial charge in [-0.05, 0) is 55.5 Å². The van der Waals surface area contributed by atoms with Crippen molar-refractivity contribution in [1.29, 1.82) is 0 Å². The van der Waals surface area contributed by atoms with Crippen molar-refractivity contribution >= 4 is 59.1 Å². The molecule has 0 spiro atoms. The highest BCUT2D eigenvalue weighted by atomic mass is 19.1. The van der Waals surface area contributed by atoms with Crippen molar-refractivity contribution < 1.29 is 61.8 Å². The molecular formula is C49H62F2N10O11. The van der Waals surface area contributed by atoms with Gasteiger partial charge < -0.3 is 51.8 Å². The summed E-state index contributed by atoms with van der Waals surface area (Å²) in [6.45, 7) is 7.17. The maximum atomic E-state index is 15.3. The Morgan fingerprint density at radius 3 is 2.06 bits per heavy atom. The Morgan fingerprint density at radius 1 is 0.819 bits per heavy atom. The lowest BCUT2D eigenvalue weighted by Crippen LogP contribution is -2.56. The lowest BCUT2D eigenvalue weighted by molar-refractivity contribution is -0.141. The second-order valence-corrected chi connectivity index (χ2v) is 18.3. The Kier molecular flexibility index (Phi) is 20.0. The minimum atomic E-state index is -1.67. The summed E-state index contributed by atoms with van der Waals surface area (Å²) in [7, 11) is 1.29. The quantitative estimate of drug-likeness (QED) is 0.0469. The van der Waals surface area contributed by atoms with Crippen LogP contribution in [0.25, 0.3) is 11.1 Å². The Balaban J connectivity index is 1.65. The third kappa shape index (κ3) is 15.6. The topological polar surface area (TPSA) is 292 Å². The Morgan fingerprint density at radius 2 is 1.46 bits per heavy atom. The molecule has 3 aromatic rings. The van der Waals surface area contributed by atoms with Crippen molar-refractivity contribution in [2.45, 2.75) is 91.1 Å². The highest BCUT2D eigenvalue weighted by Gasteiger charge is 2.38. The molecule has 0 unspecified atom stereocenters. The normalized spacial score (nSPS) is 14.3. The third-order valence-electron chi connectivity index (χ3n) is 11.6. The zero-order chi connectivity index (χ0) is 53.6. The van der Waals surface area contributed by atoms with E-state index in [0.717, 1.165) is 40.8 Å². The zero-order valence-corrected chi connectivity index (χ0v) is 41.1. The van der Waals surface area contributed by atoms with Crippen LogP contribution in [-0.4, -0.2) is 147 Å². The van der Waals surface area contributed by atoms with Gasteiger partial charge in [0.1, 0.15) is 49.0 Å². The first kappa shape index (κ1) is 56.8. The summed E-state index contributed by atoms with van der Waals surface area (Å²) in [6.07, 6.45) is 2.47. The number of aromatic nitrogens is 1. The number of hydrogen-bond donors (Lipinski definition) is 7. The number of carbonyl (C=O) groups excluding carboxylic acids is 10. The summed E-state index contributed by atoms with van der Waals surface area (Å²) >= 11 is 0. The molecular weight excluding hydrogens is 943 g/mol. The monoisotopic (exact) mass is 1000 g/mol. The van der Waals surface area contributed by atoms with Crippen LogP contribution in [-0.2, 0) is 54.5 Å². The third-order valence-corrected chi connectivity index (χ3v) is 11.6. The predicted octanol–water partition coefficient (Wildman–Crippen LogP) is 0.154. The number of aliphatic hydroxyl groups is 1. The first-order chi connectivity index (χ1) is 33.8. The van der Waals surface area contributed by atoms with Gasteiger partial charge in [0.2, 0.25) is 47.3 Å². The van der Waals surface area contributed by atoms with Crippen LogP contribution < -0.4 is 32.3 Å². The fraction of sp³-hybridized carbons (Fsp3) is 0.429. The molecule has 0 saturated heterocycles. The molecule has 388 valence electrons. The maximum Gasteiger partial charge on any atom is 0.254 e. The highest BCUT2D eigenvalue weighted by molar-refractivity contribution is 6.14. The van der Waals surface area contributed by atoms with Crippen LogP contribution in [0.2, 0.25) is 0 Å². The number of carbonyl (C=O) groups is 10. The van der Waals surface area contributed by atoms with E-state index in [4.69, 9.17) is 5.73 Å². The van der Waals surface area contributed by atoms with E-state index < -0.39 is 126 Å². The second kappa shape index (κ2) is 25.3. The summed E-state index contributed by atoms with van der Waals surface area (Å²) in [5.74, 6) is -9.31. The number of nitrogens with zero attached hydrogens (tertiary/aromatic N) is 4. The number of hydrogen-bond acceptors (Lipinski definition) is 11. The number of nitrogens with two attached hydrogens (primary N) is 1. The molecule has 1 aliphatic rings. The van der Waals surface area contributed by atoms with Gasteiger partial charge >= 0.3 is 0 Å². The van der Waals surface area contributed by atoms with E-state index in [-0.39, 0.29) is 43.7 Å². The number of likely N-dealkylation sites (N-methyl/N-ethyl adjacent to an activating group) is 1. The zero-order valence-electron chi connectivity index (χ0n) is 41.1. The fourth-order valence-electron chi connectivity index (χ4n) is 7.93. The molecule has 8 N–H and O–H groups in total. The molecule has 0 bridgehead atoms. The van der Waals surface area contributed by atoms with Gasteiger partial charge in [0.25, 0.3) is 11.8 Å². The van der Waals surface area contributed by atoms with Gasteiger partial charge in [-0.3, -0.25) is 52.8 Å². The molecule has 0 fully saturated rings. The van der Waals surface area contributed by atoms with Crippen LogP contribution in [0.5, 0.6) is 0 Å². The van der Waals surface area contributed by atoms with Gasteiger partial charge in [-0.25, -0.2) is 8.78 Å². The van der Waals surface area contributed by atoms with E-state index in [9.17, 15) is 57.4 Å². The molecule has 72 heavy (non-hydrogen) atoms. The van der Waals surface area contributed by atoms with Crippen LogP contribution in [0.15, 0.2) is 72.9 Å². The maximum absolute atomic E-state index is 15.3. The van der Waals surface area contributed by atoms with Crippen molar-refractivity contribution in [2.75, 3.05) is 39.8 Å². The molecule has 23 heteroatoms. The summed E-state index contributed by atoms with van der Waals surface area (Å²) in [5.41, 5.74) is 6.19. The molecule has 5 atom stereocenters. The summed E-state index contributed by atoms with van der Waals surface area (Å²) in [5, 5.41) is 22.7. The molecule has 0 aliphatic carbocycles. The van der Waals surface area contributed by atoms with Crippen LogP contribution in [0.1, 0.15) is 71.7 Å². The number of imide groups is 1. The van der Waals surface area contributed by atoms with Crippen LogP contribution in [0, 0.1) is 17.0 Å². The van der Waals surface area contributed by atoms with E-state index in [2.05, 4.69) is 26.6 Å². The molecule has 2 aromatic carbocycles. The largest absolute Gasteiger partial charge is 0.387 e. The van der Waals surface area contributed by atoms with E-state index in [0.29, 0.717) is 10.6 Å². The van der Waals surface area contributed by atoms with Crippen LogP contribution in [0.4, 0.5) is 8.78 Å². The molecule has 4 rings (SSSR count). The molecule has 21 nitrogen and oxygen atoms in total. The Bertz CT molecular complexity index is 2550. The van der Waals surface area contributed by atoms with Crippen molar-refractivity contribution in [3.63, 3.8) is 0 Å². The molecule has 0 saturated carbocycles. The lowest BCUT2D eigenvalue weighted by Gasteiger charge is -2.41. The van der Waals surface area contributed by atoms with E-state index in [1.54, 1.807) is 37.6 Å². The van der Waals surface area contributed by atoms with Gasteiger partial charge in [0.15, 0.2) is 0 Å². The SMILES string of the molecule is CC(=O)N[C@@H](C)C(=O)N(C)[C@@H](C)C(=O)N[C@@H](CC(=O)N[C@@H](CCN(C(=O)CO)[C@@H](c1cc(-c2cc(F)ccc2F)cn1Cc1ccccc1)C(C)(C)C)C(=O)NCCNC(=O)CN1C(=O)C=CC1=O)C(N)=O. The predicted molar refractivity (Wildman–Crippen MR) is 256 cm³/mol. The van der Waals surface area contributed by atoms with E-state index >= 15 is 4.39 Å². The summed E-state index contributed by atoms with van der Waals surface area (Å²) < 4.78 is 31.7. The Hall–Kier alpha value is -7.82. The highest BCUT2D eigenvalue weighted by Crippen LogP contribution is 2.41. The first-order valence-corrected chi connectivity index (χ1v) is 22.9. The second-order valence-electron chi connectivity index (χ2n) is 18.3. The fourth-order valence-corrected chi connectivity index (χ4v) is 7.93. The van der Waals surface area contributed by atoms with Crippen molar-refractivity contribution in [3.05, 3.63) is 95.8 Å². The van der Waals surface area contributed by atoms with E-state index in [1.807, 2.05) is 30.3 Å². The van der Waals surface area contributed by atoms with Gasteiger partial charge in [-0.1, -0.05) is 51.1 Å². The minimum Gasteiger partial charge on any atom is -0.387 e. The van der Waals surface area contributed by atoms with E-state index in [1.165, 1.54) is 32.7 Å². The summed E-state index contributed by atoms with van der Waals surface area (Å²) in [6, 6.07) is 7.40. The average molecular weight is 1010 g/mol. The number of primary amides is 1. The number of benzene rings is 2. The number of nitrogens with one attached hydrogen (secondary N) is 5. The van der Waals surface area contributed by atoms with Crippen molar-refractivity contribution in [1.82, 2.24) is 45.9 Å². The first-order valence-electron chi connectivity index (χ1n) is 22.9. The minimum absolute atomic E-state index is 0.0570. The van der Waals surface area contributed by atoms with Gasteiger partial charge in [0.05, 0.1) is 12.5 Å². The molecule has 1 aromatic heterocycles. The lowest BCUT2D eigenvalue weighted by atomic mass is 9.82. The number of halogens is 2. The molecule has 2 heterocycles.